The number of carbonyl (C=O) groups excluding carboxylic acids is 2. The maximum atomic E-state index is 13.1. The van der Waals surface area contributed by atoms with Crippen LogP contribution in [0.15, 0.2) is 34.8 Å². The predicted octanol–water partition coefficient (Wildman–Crippen LogP) is 5.80. The van der Waals surface area contributed by atoms with E-state index < -0.39 is 5.92 Å². The number of Topliss-reactive ketones (excluding diaryl/α,β-unsaturated/α-hetero) is 2. The third-order valence-electron chi connectivity index (χ3n) is 5.69. The van der Waals surface area contributed by atoms with E-state index in [-0.39, 0.29) is 33.9 Å². The third kappa shape index (κ3) is 3.95. The number of aliphatic hydroxyl groups excluding tert-OH is 2. The van der Waals surface area contributed by atoms with E-state index in [4.69, 9.17) is 0 Å². The molecule has 0 saturated carbocycles. The first-order chi connectivity index (χ1) is 12.9. The van der Waals surface area contributed by atoms with Crippen LogP contribution in [0.5, 0.6) is 0 Å². The number of aliphatic hydroxyl groups is 2. The maximum absolute atomic E-state index is 13.1. The summed E-state index contributed by atoms with van der Waals surface area (Å²) in [6.07, 6.45) is 2.29. The molecule has 0 unspecified atom stereocenters. The molecule has 3 rings (SSSR count). The Morgan fingerprint density at radius 2 is 1.36 bits per heavy atom. The zero-order valence-corrected chi connectivity index (χ0v) is 18.2. The van der Waals surface area contributed by atoms with Crippen molar-refractivity contribution in [3.63, 3.8) is 0 Å². The van der Waals surface area contributed by atoms with Gasteiger partial charge in [-0.2, -0.15) is 0 Å². The van der Waals surface area contributed by atoms with Crippen LogP contribution in [-0.4, -0.2) is 21.8 Å². The maximum Gasteiger partial charge on any atom is 0.163 e. The van der Waals surface area contributed by atoms with Gasteiger partial charge in [-0.15, -0.1) is 11.3 Å². The summed E-state index contributed by atoms with van der Waals surface area (Å²) in [7, 11) is 0. The molecule has 4 nitrogen and oxygen atoms in total. The van der Waals surface area contributed by atoms with E-state index in [1.54, 1.807) is 11.3 Å². The Hall–Kier alpha value is -1.88. The molecule has 2 N–H and O–H groups in total. The summed E-state index contributed by atoms with van der Waals surface area (Å²) < 4.78 is 0. The first kappa shape index (κ1) is 20.8. The van der Waals surface area contributed by atoms with Crippen LogP contribution in [0.25, 0.3) is 0 Å². The molecule has 0 atom stereocenters. The highest BCUT2D eigenvalue weighted by molar-refractivity contribution is 7.12. The minimum Gasteiger partial charge on any atom is -0.512 e. The number of hydrogen-bond donors (Lipinski definition) is 2. The van der Waals surface area contributed by atoms with E-state index in [0.29, 0.717) is 36.8 Å². The van der Waals surface area contributed by atoms with Gasteiger partial charge in [0.1, 0.15) is 11.5 Å². The number of allylic oxidation sites excluding steroid dienone is 4. The Balaban J connectivity index is 2.20. The van der Waals surface area contributed by atoms with Crippen molar-refractivity contribution in [2.45, 2.75) is 72.6 Å². The van der Waals surface area contributed by atoms with E-state index in [1.165, 1.54) is 0 Å². The fourth-order valence-corrected chi connectivity index (χ4v) is 5.50. The number of carbonyl (C=O) groups is 2. The molecule has 0 radical (unpaired) electrons. The van der Waals surface area contributed by atoms with Crippen LogP contribution in [0.1, 0.15) is 76.0 Å². The van der Waals surface area contributed by atoms with Crippen molar-refractivity contribution < 1.29 is 19.8 Å². The largest absolute Gasteiger partial charge is 0.512 e. The molecule has 152 valence electrons. The summed E-state index contributed by atoms with van der Waals surface area (Å²) in [5.74, 6) is -0.852. The lowest BCUT2D eigenvalue weighted by molar-refractivity contribution is -0.119. The van der Waals surface area contributed by atoms with Crippen molar-refractivity contribution >= 4 is 22.9 Å². The average molecular weight is 403 g/mol. The first-order valence-corrected chi connectivity index (χ1v) is 10.7. The molecule has 0 aliphatic heterocycles. The van der Waals surface area contributed by atoms with Gasteiger partial charge in [0.25, 0.3) is 0 Å². The van der Waals surface area contributed by atoms with Crippen molar-refractivity contribution in [3.05, 3.63) is 44.6 Å². The fraction of sp³-hybridized carbons (Fsp3) is 0.565. The Bertz CT molecular complexity index is 830. The summed E-state index contributed by atoms with van der Waals surface area (Å²) in [5.41, 5.74) is -0.0421. The molecule has 0 fully saturated rings. The lowest BCUT2D eigenvalue weighted by atomic mass is 9.68. The molecular formula is C23H30O4S. The van der Waals surface area contributed by atoms with Crippen LogP contribution in [0.4, 0.5) is 0 Å². The monoisotopic (exact) mass is 402 g/mol. The van der Waals surface area contributed by atoms with Crippen LogP contribution < -0.4 is 0 Å². The van der Waals surface area contributed by atoms with Gasteiger partial charge in [0.15, 0.2) is 11.6 Å². The topological polar surface area (TPSA) is 74.6 Å². The molecule has 2 aliphatic carbocycles. The summed E-state index contributed by atoms with van der Waals surface area (Å²) in [6.45, 7) is 9.88. The molecule has 28 heavy (non-hydrogen) atoms. The second-order valence-corrected chi connectivity index (χ2v) is 10.9. The number of thiophene rings is 1. The average Bonchev–Trinajstić information content (AvgIpc) is 2.98. The summed E-state index contributed by atoms with van der Waals surface area (Å²) >= 11 is 1.54. The normalized spacial score (nSPS) is 22.4. The summed E-state index contributed by atoms with van der Waals surface area (Å²) in [5, 5.41) is 21.6. The van der Waals surface area contributed by atoms with E-state index >= 15 is 0 Å². The highest BCUT2D eigenvalue weighted by atomic mass is 32.1. The molecule has 1 aromatic rings. The molecule has 0 aromatic carbocycles. The molecule has 5 heteroatoms. The molecule has 0 amide bonds. The van der Waals surface area contributed by atoms with Crippen molar-refractivity contribution in [1.82, 2.24) is 0 Å². The Labute approximate surface area is 171 Å². The highest BCUT2D eigenvalue weighted by Crippen LogP contribution is 2.49. The van der Waals surface area contributed by atoms with Crippen LogP contribution in [0.3, 0.4) is 0 Å². The zero-order valence-electron chi connectivity index (χ0n) is 17.4. The van der Waals surface area contributed by atoms with Crippen molar-refractivity contribution in [1.29, 1.82) is 0 Å². The predicted molar refractivity (Wildman–Crippen MR) is 112 cm³/mol. The lowest BCUT2D eigenvalue weighted by Crippen LogP contribution is -2.33. The number of ketones is 2. The first-order valence-electron chi connectivity index (χ1n) is 9.93. The van der Waals surface area contributed by atoms with Gasteiger partial charge >= 0.3 is 0 Å². The van der Waals surface area contributed by atoms with Gasteiger partial charge in [0, 0.05) is 46.6 Å². The van der Waals surface area contributed by atoms with Crippen LogP contribution in [0, 0.1) is 10.8 Å². The smallest absolute Gasteiger partial charge is 0.163 e. The molecule has 1 aromatic heterocycles. The van der Waals surface area contributed by atoms with Crippen molar-refractivity contribution in [2.24, 2.45) is 10.8 Å². The van der Waals surface area contributed by atoms with Crippen molar-refractivity contribution in [3.8, 4) is 0 Å². The molecule has 1 heterocycles. The fourth-order valence-electron chi connectivity index (χ4n) is 4.43. The second-order valence-electron chi connectivity index (χ2n) is 9.69. The third-order valence-corrected chi connectivity index (χ3v) is 6.98. The van der Waals surface area contributed by atoms with Gasteiger partial charge in [0.05, 0.1) is 5.92 Å². The lowest BCUT2D eigenvalue weighted by Gasteiger charge is -2.36. The Morgan fingerprint density at radius 3 is 1.71 bits per heavy atom. The summed E-state index contributed by atoms with van der Waals surface area (Å²) in [6, 6.07) is 3.92. The number of hydrogen-bond acceptors (Lipinski definition) is 5. The van der Waals surface area contributed by atoms with Gasteiger partial charge in [0.2, 0.25) is 0 Å². The minimum absolute atomic E-state index is 0.0515. The molecule has 0 saturated heterocycles. The summed E-state index contributed by atoms with van der Waals surface area (Å²) in [4.78, 5) is 28.1. The SMILES string of the molecule is CCc1ccc(C(C2=C(O)CC(C)(C)CC2=O)C2=C(O)CC(C)(C)CC2=O)s1. The van der Waals surface area contributed by atoms with Gasteiger partial charge < -0.3 is 10.2 Å². The van der Waals surface area contributed by atoms with Crippen LogP contribution in [-0.2, 0) is 16.0 Å². The van der Waals surface area contributed by atoms with Crippen LogP contribution in [0.2, 0.25) is 0 Å². The van der Waals surface area contributed by atoms with E-state index in [2.05, 4.69) is 6.92 Å². The molecule has 0 bridgehead atoms. The van der Waals surface area contributed by atoms with Gasteiger partial charge in [-0.3, -0.25) is 9.59 Å². The Morgan fingerprint density at radius 1 is 0.893 bits per heavy atom. The Kier molecular flexibility index (Phi) is 5.34. The molecule has 0 spiro atoms. The molecular weight excluding hydrogens is 372 g/mol. The quantitative estimate of drug-likeness (QED) is 0.668. The van der Waals surface area contributed by atoms with Gasteiger partial charge in [-0.1, -0.05) is 34.6 Å². The molecule has 2 aliphatic rings. The van der Waals surface area contributed by atoms with E-state index in [0.717, 1.165) is 16.2 Å². The zero-order chi connectivity index (χ0) is 20.9. The van der Waals surface area contributed by atoms with Gasteiger partial charge in [-0.05, 0) is 29.4 Å². The van der Waals surface area contributed by atoms with Crippen LogP contribution >= 0.6 is 11.3 Å². The minimum atomic E-state index is -0.683. The van der Waals surface area contributed by atoms with E-state index in [9.17, 15) is 19.8 Å². The number of rotatable bonds is 4. The highest BCUT2D eigenvalue weighted by Gasteiger charge is 2.44. The van der Waals surface area contributed by atoms with E-state index in [1.807, 2.05) is 39.8 Å². The van der Waals surface area contributed by atoms with Crippen molar-refractivity contribution in [2.75, 3.05) is 0 Å². The standard InChI is InChI=1S/C23H30O4S/c1-6-13-7-8-18(28-13)21(19-14(24)9-22(2,3)10-15(19)25)20-16(26)11-23(4,5)12-17(20)27/h7-8,21,24,26H,6,9-12H2,1-5H3. The second kappa shape index (κ2) is 7.18. The number of aryl methyl sites for hydroxylation is 1. The van der Waals surface area contributed by atoms with Gasteiger partial charge in [-0.25, -0.2) is 0 Å².